The van der Waals surface area contributed by atoms with Crippen molar-refractivity contribution in [3.63, 3.8) is 0 Å². The highest BCUT2D eigenvalue weighted by Gasteiger charge is 2.51. The standard InChI is InChI=1S/C29H25Br2NO3/c1-15-21(30)13-22(31)26-24(15)25(28(35)32-26)29(11-10-16-6-2-5-9-20(16)29)14-17-12-23(33)18-7-3-4-8-19(18)27(17)34/h2,5-6,9-13,25,33-34H,3-4,7-8,14H2,1H3,(H,32,35). The van der Waals surface area contributed by atoms with Crippen molar-refractivity contribution >= 4 is 49.5 Å². The van der Waals surface area contributed by atoms with Crippen LogP contribution in [0.4, 0.5) is 5.69 Å². The Morgan fingerprint density at radius 2 is 1.80 bits per heavy atom. The number of phenols is 2. The highest BCUT2D eigenvalue weighted by molar-refractivity contribution is 9.11. The second kappa shape index (κ2) is 8.24. The average molecular weight is 595 g/mol. The Hall–Kier alpha value is -2.57. The van der Waals surface area contributed by atoms with E-state index in [1.165, 1.54) is 0 Å². The van der Waals surface area contributed by atoms with Crippen molar-refractivity contribution < 1.29 is 15.0 Å². The van der Waals surface area contributed by atoms with Crippen LogP contribution in [0.2, 0.25) is 0 Å². The minimum Gasteiger partial charge on any atom is -0.508 e. The van der Waals surface area contributed by atoms with Gasteiger partial charge in [-0.1, -0.05) is 52.3 Å². The summed E-state index contributed by atoms with van der Waals surface area (Å²) in [5.74, 6) is -0.0509. The Bertz CT molecular complexity index is 1440. The summed E-state index contributed by atoms with van der Waals surface area (Å²) in [6, 6.07) is 11.8. The van der Waals surface area contributed by atoms with E-state index in [4.69, 9.17) is 0 Å². The number of fused-ring (bicyclic) bond motifs is 3. The molecular weight excluding hydrogens is 570 g/mol. The predicted octanol–water partition coefficient (Wildman–Crippen LogP) is 7.05. The largest absolute Gasteiger partial charge is 0.508 e. The Labute approximate surface area is 221 Å². The molecule has 178 valence electrons. The third kappa shape index (κ3) is 3.33. The van der Waals surface area contributed by atoms with Gasteiger partial charge >= 0.3 is 0 Å². The molecule has 6 rings (SSSR count). The van der Waals surface area contributed by atoms with Crippen LogP contribution >= 0.6 is 31.9 Å². The molecule has 3 aromatic rings. The molecule has 2 atom stereocenters. The first-order valence-corrected chi connectivity index (χ1v) is 13.5. The van der Waals surface area contributed by atoms with Crippen LogP contribution in [0.25, 0.3) is 6.08 Å². The minimum atomic E-state index is -0.719. The lowest BCUT2D eigenvalue weighted by Crippen LogP contribution is -2.37. The van der Waals surface area contributed by atoms with Crippen molar-refractivity contribution in [1.82, 2.24) is 0 Å². The molecule has 1 amide bonds. The molecule has 0 saturated carbocycles. The van der Waals surface area contributed by atoms with Gasteiger partial charge in [-0.25, -0.2) is 0 Å². The van der Waals surface area contributed by atoms with Crippen LogP contribution < -0.4 is 5.32 Å². The molecule has 0 bridgehead atoms. The van der Waals surface area contributed by atoms with Gasteiger partial charge in [0.25, 0.3) is 0 Å². The quantitative estimate of drug-likeness (QED) is 0.285. The normalized spacial score (nSPS) is 22.0. The van der Waals surface area contributed by atoms with Gasteiger partial charge in [0.05, 0.1) is 11.6 Å². The van der Waals surface area contributed by atoms with Gasteiger partial charge in [-0.3, -0.25) is 4.79 Å². The van der Waals surface area contributed by atoms with Crippen molar-refractivity contribution in [3.05, 3.63) is 90.4 Å². The van der Waals surface area contributed by atoms with Gasteiger partial charge in [0.2, 0.25) is 5.91 Å². The summed E-state index contributed by atoms with van der Waals surface area (Å²) < 4.78 is 1.77. The van der Waals surface area contributed by atoms with Crippen LogP contribution in [0, 0.1) is 6.92 Å². The topological polar surface area (TPSA) is 69.6 Å². The monoisotopic (exact) mass is 593 g/mol. The summed E-state index contributed by atoms with van der Waals surface area (Å²) in [6.45, 7) is 2.03. The number of amides is 1. The van der Waals surface area contributed by atoms with Crippen LogP contribution in [0.15, 0.2) is 51.4 Å². The Balaban J connectivity index is 1.59. The molecule has 1 aliphatic heterocycles. The second-order valence-corrected chi connectivity index (χ2v) is 11.6. The number of rotatable bonds is 3. The molecule has 1 heterocycles. The van der Waals surface area contributed by atoms with Crippen molar-refractivity contribution in [1.29, 1.82) is 0 Å². The van der Waals surface area contributed by atoms with E-state index >= 15 is 0 Å². The number of aromatic hydroxyl groups is 2. The number of carbonyl (C=O) groups excluding carboxylic acids is 1. The van der Waals surface area contributed by atoms with E-state index in [0.29, 0.717) is 12.0 Å². The SMILES string of the molecule is Cc1c(Br)cc(Br)c2c1C(C1(Cc3cc(O)c4c(c3O)CCCC4)C=Cc3ccccc31)C(=O)N2. The fourth-order valence-corrected chi connectivity index (χ4v) is 7.65. The molecule has 0 aromatic heterocycles. The van der Waals surface area contributed by atoms with Crippen LogP contribution in [0.3, 0.4) is 0 Å². The van der Waals surface area contributed by atoms with Crippen molar-refractivity contribution in [2.75, 3.05) is 5.32 Å². The Morgan fingerprint density at radius 3 is 2.60 bits per heavy atom. The lowest BCUT2D eigenvalue weighted by Gasteiger charge is -2.36. The van der Waals surface area contributed by atoms with E-state index in [0.717, 1.165) is 73.7 Å². The zero-order chi connectivity index (χ0) is 24.5. The van der Waals surface area contributed by atoms with E-state index in [1.54, 1.807) is 6.07 Å². The van der Waals surface area contributed by atoms with Crippen LogP contribution in [-0.2, 0) is 29.5 Å². The molecule has 35 heavy (non-hydrogen) atoms. The van der Waals surface area contributed by atoms with E-state index < -0.39 is 11.3 Å². The third-order valence-corrected chi connectivity index (χ3v) is 9.47. The van der Waals surface area contributed by atoms with Crippen molar-refractivity contribution in [2.45, 2.75) is 50.4 Å². The molecular formula is C29H25Br2NO3. The molecule has 3 N–H and O–H groups in total. The molecule has 0 spiro atoms. The predicted molar refractivity (Wildman–Crippen MR) is 145 cm³/mol. The van der Waals surface area contributed by atoms with Gasteiger partial charge in [-0.05, 0) is 94.9 Å². The molecule has 4 nitrogen and oxygen atoms in total. The number of hydrogen-bond acceptors (Lipinski definition) is 3. The maximum atomic E-state index is 13.7. The van der Waals surface area contributed by atoms with Gasteiger partial charge in [0.15, 0.2) is 0 Å². The molecule has 0 radical (unpaired) electrons. The number of hydrogen-bond donors (Lipinski definition) is 3. The van der Waals surface area contributed by atoms with E-state index in [2.05, 4.69) is 61.5 Å². The highest BCUT2D eigenvalue weighted by atomic mass is 79.9. The number of carbonyl (C=O) groups is 1. The molecule has 2 unspecified atom stereocenters. The number of halogens is 2. The van der Waals surface area contributed by atoms with Crippen LogP contribution in [-0.4, -0.2) is 16.1 Å². The summed E-state index contributed by atoms with van der Waals surface area (Å²) in [6.07, 6.45) is 8.16. The zero-order valence-corrected chi connectivity index (χ0v) is 22.5. The second-order valence-electron chi connectivity index (χ2n) is 9.88. The summed E-state index contributed by atoms with van der Waals surface area (Å²) in [5, 5.41) is 25.4. The van der Waals surface area contributed by atoms with Gasteiger partial charge in [-0.15, -0.1) is 0 Å². The van der Waals surface area contributed by atoms with Gasteiger partial charge < -0.3 is 15.5 Å². The Kier molecular flexibility index (Phi) is 5.38. The van der Waals surface area contributed by atoms with E-state index in [9.17, 15) is 15.0 Å². The number of nitrogens with one attached hydrogen (secondary N) is 1. The van der Waals surface area contributed by atoms with Gasteiger partial charge in [0, 0.05) is 25.5 Å². The minimum absolute atomic E-state index is 0.0649. The van der Waals surface area contributed by atoms with E-state index in [-0.39, 0.29) is 17.4 Å². The lowest BCUT2D eigenvalue weighted by atomic mass is 9.65. The van der Waals surface area contributed by atoms with E-state index in [1.807, 2.05) is 25.1 Å². The first-order valence-electron chi connectivity index (χ1n) is 12.0. The number of phenolic OH excluding ortho intramolecular Hbond substituents is 2. The zero-order valence-electron chi connectivity index (χ0n) is 19.3. The van der Waals surface area contributed by atoms with Crippen molar-refractivity contribution in [2.24, 2.45) is 0 Å². The maximum absolute atomic E-state index is 13.7. The lowest BCUT2D eigenvalue weighted by molar-refractivity contribution is -0.118. The Morgan fingerprint density at radius 1 is 1.06 bits per heavy atom. The first-order chi connectivity index (χ1) is 16.8. The molecule has 0 saturated heterocycles. The van der Waals surface area contributed by atoms with Crippen LogP contribution in [0.5, 0.6) is 11.5 Å². The third-order valence-electron chi connectivity index (χ3n) is 8.02. The molecule has 6 heteroatoms. The van der Waals surface area contributed by atoms with Gasteiger partial charge in [0.1, 0.15) is 11.5 Å². The summed E-state index contributed by atoms with van der Waals surface area (Å²) in [5.41, 5.74) is 6.58. The molecule has 2 aliphatic carbocycles. The maximum Gasteiger partial charge on any atom is 0.233 e. The summed E-state index contributed by atoms with van der Waals surface area (Å²) in [4.78, 5) is 13.7. The number of allylic oxidation sites excluding steroid dienone is 1. The number of anilines is 1. The fraction of sp³-hybridized carbons (Fsp3) is 0.276. The fourth-order valence-electron chi connectivity index (χ4n) is 6.36. The van der Waals surface area contributed by atoms with Gasteiger partial charge in [-0.2, -0.15) is 0 Å². The molecule has 0 fully saturated rings. The first kappa shape index (κ1) is 22.9. The molecule has 3 aliphatic rings. The highest BCUT2D eigenvalue weighted by Crippen LogP contribution is 2.56. The number of benzene rings is 3. The van der Waals surface area contributed by atoms with Crippen LogP contribution in [0.1, 0.15) is 57.7 Å². The summed E-state index contributed by atoms with van der Waals surface area (Å²) in [7, 11) is 0. The summed E-state index contributed by atoms with van der Waals surface area (Å²) >= 11 is 7.31. The smallest absolute Gasteiger partial charge is 0.233 e. The average Bonchev–Trinajstić information content (AvgIpc) is 3.40. The van der Waals surface area contributed by atoms with Crippen molar-refractivity contribution in [3.8, 4) is 11.5 Å². The molecule has 3 aromatic carbocycles.